The van der Waals surface area contributed by atoms with Gasteiger partial charge in [-0.1, -0.05) is 19.4 Å². The number of carbonyl (C=O) groups is 3. The fourth-order valence-electron chi connectivity index (χ4n) is 5.16. The van der Waals surface area contributed by atoms with Crippen LogP contribution in [-0.2, 0) is 19.1 Å². The number of amides is 2. The van der Waals surface area contributed by atoms with Gasteiger partial charge in [-0.05, 0) is 25.7 Å². The lowest BCUT2D eigenvalue weighted by Crippen LogP contribution is -2.56. The predicted molar refractivity (Wildman–Crippen MR) is 100 cm³/mol. The van der Waals surface area contributed by atoms with Gasteiger partial charge >= 0.3 is 5.97 Å². The SMILES string of the molecule is C=CCN(CCCC)C(=O)C1N(CCCO)C(=O)[C@@H]2[C@H](C(=O)O)[C@@H]3CCC12O3. The van der Waals surface area contributed by atoms with Gasteiger partial charge in [-0.2, -0.15) is 0 Å². The van der Waals surface area contributed by atoms with Crippen molar-refractivity contribution in [2.75, 3.05) is 26.2 Å². The van der Waals surface area contributed by atoms with E-state index >= 15 is 0 Å². The number of hydrogen-bond acceptors (Lipinski definition) is 5. The maximum Gasteiger partial charge on any atom is 0.310 e. The zero-order valence-corrected chi connectivity index (χ0v) is 16.4. The number of aliphatic carboxylic acids is 1. The molecule has 0 radical (unpaired) electrons. The van der Waals surface area contributed by atoms with Crippen molar-refractivity contribution in [3.8, 4) is 0 Å². The summed E-state index contributed by atoms with van der Waals surface area (Å²) in [6.07, 6.45) is 4.25. The second-order valence-corrected chi connectivity index (χ2v) is 7.93. The van der Waals surface area contributed by atoms with Crippen LogP contribution in [0.3, 0.4) is 0 Å². The quantitative estimate of drug-likeness (QED) is 0.527. The van der Waals surface area contributed by atoms with Crippen LogP contribution in [0.4, 0.5) is 0 Å². The van der Waals surface area contributed by atoms with E-state index in [0.717, 1.165) is 12.8 Å². The summed E-state index contributed by atoms with van der Waals surface area (Å²) in [5, 5.41) is 18.9. The van der Waals surface area contributed by atoms with Gasteiger partial charge in [-0.15, -0.1) is 6.58 Å². The van der Waals surface area contributed by atoms with E-state index < -0.39 is 35.6 Å². The highest BCUT2D eigenvalue weighted by molar-refractivity contribution is 5.98. The number of aliphatic hydroxyl groups excluding tert-OH is 1. The summed E-state index contributed by atoms with van der Waals surface area (Å²) < 4.78 is 6.13. The van der Waals surface area contributed by atoms with E-state index in [1.807, 2.05) is 6.92 Å². The predicted octanol–water partition coefficient (Wildman–Crippen LogP) is 0.643. The van der Waals surface area contributed by atoms with Crippen molar-refractivity contribution in [3.63, 3.8) is 0 Å². The molecule has 8 heteroatoms. The van der Waals surface area contributed by atoms with Gasteiger partial charge in [0.15, 0.2) is 0 Å². The Balaban J connectivity index is 1.98. The van der Waals surface area contributed by atoms with Crippen LogP contribution in [-0.4, -0.2) is 81.8 Å². The molecule has 28 heavy (non-hydrogen) atoms. The lowest BCUT2D eigenvalue weighted by atomic mass is 9.70. The number of ether oxygens (including phenoxy) is 1. The minimum atomic E-state index is -1.08. The van der Waals surface area contributed by atoms with Crippen LogP contribution in [0.5, 0.6) is 0 Å². The van der Waals surface area contributed by atoms with E-state index in [4.69, 9.17) is 4.74 Å². The number of likely N-dealkylation sites (tertiary alicyclic amines) is 1. The minimum Gasteiger partial charge on any atom is -0.481 e. The largest absolute Gasteiger partial charge is 0.481 e. The van der Waals surface area contributed by atoms with Gasteiger partial charge in [0, 0.05) is 26.2 Å². The molecule has 0 aromatic carbocycles. The maximum absolute atomic E-state index is 13.6. The highest BCUT2D eigenvalue weighted by atomic mass is 16.5. The van der Waals surface area contributed by atoms with E-state index in [0.29, 0.717) is 32.4 Å². The summed E-state index contributed by atoms with van der Waals surface area (Å²) >= 11 is 0. The van der Waals surface area contributed by atoms with E-state index in [-0.39, 0.29) is 25.0 Å². The van der Waals surface area contributed by atoms with Gasteiger partial charge < -0.3 is 24.7 Å². The molecule has 2 bridgehead atoms. The summed E-state index contributed by atoms with van der Waals surface area (Å²) in [6, 6.07) is -0.845. The maximum atomic E-state index is 13.6. The molecule has 2 amide bonds. The van der Waals surface area contributed by atoms with Crippen molar-refractivity contribution in [3.05, 3.63) is 12.7 Å². The van der Waals surface area contributed by atoms with Crippen LogP contribution in [0, 0.1) is 11.8 Å². The Morgan fingerprint density at radius 2 is 2.18 bits per heavy atom. The number of fused-ring (bicyclic) bond motifs is 1. The monoisotopic (exact) mass is 394 g/mol. The number of aliphatic hydroxyl groups is 1. The molecule has 156 valence electrons. The molecule has 3 heterocycles. The number of hydrogen-bond donors (Lipinski definition) is 2. The Kier molecular flexibility index (Phi) is 6.09. The van der Waals surface area contributed by atoms with E-state index in [1.54, 1.807) is 11.0 Å². The number of unbranched alkanes of at least 4 members (excludes halogenated alkanes) is 1. The number of carboxylic acid groups (broad SMARTS) is 1. The molecule has 0 aromatic rings. The zero-order chi connectivity index (χ0) is 20.5. The van der Waals surface area contributed by atoms with Gasteiger partial charge in [0.1, 0.15) is 11.6 Å². The number of rotatable bonds is 10. The Bertz CT molecular complexity index is 653. The lowest BCUT2D eigenvalue weighted by molar-refractivity contribution is -0.151. The third-order valence-corrected chi connectivity index (χ3v) is 6.32. The third kappa shape index (κ3) is 3.12. The van der Waals surface area contributed by atoms with Crippen LogP contribution in [0.15, 0.2) is 12.7 Å². The van der Waals surface area contributed by atoms with Crippen molar-refractivity contribution in [2.45, 2.75) is 56.8 Å². The summed E-state index contributed by atoms with van der Waals surface area (Å²) in [6.45, 7) is 6.78. The molecule has 0 aromatic heterocycles. The molecule has 3 rings (SSSR count). The second-order valence-electron chi connectivity index (χ2n) is 7.93. The molecular weight excluding hydrogens is 364 g/mol. The van der Waals surface area contributed by atoms with Crippen molar-refractivity contribution < 1.29 is 29.3 Å². The number of carboxylic acids is 1. The van der Waals surface area contributed by atoms with Crippen molar-refractivity contribution >= 4 is 17.8 Å². The molecule has 3 saturated heterocycles. The second kappa shape index (κ2) is 8.21. The summed E-state index contributed by atoms with van der Waals surface area (Å²) in [4.78, 5) is 41.8. The van der Waals surface area contributed by atoms with Gasteiger partial charge in [0.2, 0.25) is 11.8 Å². The molecule has 0 saturated carbocycles. The summed E-state index contributed by atoms with van der Waals surface area (Å²) in [5.41, 5.74) is -1.08. The molecule has 8 nitrogen and oxygen atoms in total. The van der Waals surface area contributed by atoms with Gasteiger partial charge in [-0.3, -0.25) is 14.4 Å². The van der Waals surface area contributed by atoms with Crippen LogP contribution in [0.2, 0.25) is 0 Å². The molecule has 2 unspecified atom stereocenters. The highest BCUT2D eigenvalue weighted by Crippen LogP contribution is 2.58. The summed E-state index contributed by atoms with van der Waals surface area (Å²) in [5.74, 6) is -3.36. The first-order valence-electron chi connectivity index (χ1n) is 10.1. The fraction of sp³-hybridized carbons (Fsp3) is 0.750. The normalized spacial score (nSPS) is 33.2. The van der Waals surface area contributed by atoms with Gasteiger partial charge in [0.05, 0.1) is 17.9 Å². The molecule has 2 N–H and O–H groups in total. The van der Waals surface area contributed by atoms with Crippen molar-refractivity contribution in [1.82, 2.24) is 9.80 Å². The average molecular weight is 394 g/mol. The first-order valence-corrected chi connectivity index (χ1v) is 10.1. The van der Waals surface area contributed by atoms with Crippen LogP contribution in [0.1, 0.15) is 39.0 Å². The first-order chi connectivity index (χ1) is 13.4. The lowest BCUT2D eigenvalue weighted by Gasteiger charge is -2.36. The topological polar surface area (TPSA) is 107 Å². The fourth-order valence-corrected chi connectivity index (χ4v) is 5.16. The van der Waals surface area contributed by atoms with Crippen LogP contribution < -0.4 is 0 Å². The molecule has 1 spiro atoms. The highest BCUT2D eigenvalue weighted by Gasteiger charge is 2.74. The number of carbonyl (C=O) groups excluding carboxylic acids is 2. The summed E-state index contributed by atoms with van der Waals surface area (Å²) in [7, 11) is 0. The molecule has 0 aliphatic carbocycles. The van der Waals surface area contributed by atoms with E-state index in [9.17, 15) is 24.6 Å². The standard InChI is InChI=1S/C20H30N2O6/c1-3-5-10-21(9-4-2)18(25)16-20-8-7-13(28-20)14(19(26)27)15(20)17(24)22(16)11-6-12-23/h4,13-16,23H,2-3,5-12H2,1H3,(H,26,27)/t13-,14+,15-,16?,20?/m0/s1. The van der Waals surface area contributed by atoms with Gasteiger partial charge in [0.25, 0.3) is 0 Å². The molecule has 3 aliphatic heterocycles. The van der Waals surface area contributed by atoms with Crippen molar-refractivity contribution in [2.24, 2.45) is 11.8 Å². The Hall–Kier alpha value is -1.93. The Morgan fingerprint density at radius 3 is 2.79 bits per heavy atom. The van der Waals surface area contributed by atoms with E-state index in [1.165, 1.54) is 4.90 Å². The molecule has 3 fully saturated rings. The smallest absolute Gasteiger partial charge is 0.310 e. The molecule has 5 atom stereocenters. The molecular formula is C20H30N2O6. The third-order valence-electron chi connectivity index (χ3n) is 6.32. The Labute approximate surface area is 165 Å². The van der Waals surface area contributed by atoms with Crippen LogP contribution in [0.25, 0.3) is 0 Å². The minimum absolute atomic E-state index is 0.111. The van der Waals surface area contributed by atoms with Crippen LogP contribution >= 0.6 is 0 Å². The number of nitrogens with zero attached hydrogens (tertiary/aromatic N) is 2. The zero-order valence-electron chi connectivity index (χ0n) is 16.4. The molecule has 3 aliphatic rings. The Morgan fingerprint density at radius 1 is 1.43 bits per heavy atom. The average Bonchev–Trinajstić information content (AvgIpc) is 3.30. The van der Waals surface area contributed by atoms with Gasteiger partial charge in [-0.25, -0.2) is 0 Å². The first kappa shape index (κ1) is 20.8. The van der Waals surface area contributed by atoms with E-state index in [2.05, 4.69) is 6.58 Å². The van der Waals surface area contributed by atoms with Crippen molar-refractivity contribution in [1.29, 1.82) is 0 Å².